The lowest BCUT2D eigenvalue weighted by Gasteiger charge is -2.43. The molecular weight excluding hydrogens is 492 g/mol. The van der Waals surface area contributed by atoms with Crippen molar-refractivity contribution in [3.05, 3.63) is 23.2 Å². The third-order valence-corrected chi connectivity index (χ3v) is 6.54. The van der Waals surface area contributed by atoms with Crippen molar-refractivity contribution in [2.45, 2.75) is 51.9 Å². The normalized spacial score (nSPS) is 19.0. The largest absolute Gasteiger partial charge is 0.381 e. The molecular formula is C17H22N8O7S2. The lowest BCUT2D eigenvalue weighted by molar-refractivity contribution is -0.145. The van der Waals surface area contributed by atoms with E-state index in [9.17, 15) is 27.4 Å². The molecule has 2 atom stereocenters. The van der Waals surface area contributed by atoms with Crippen LogP contribution in [0.4, 0.5) is 5.13 Å². The van der Waals surface area contributed by atoms with E-state index < -0.39 is 45.5 Å². The number of nitrogen functional groups attached to an aromatic ring is 1. The number of hydrogen-bond acceptors (Lipinski definition) is 12. The van der Waals surface area contributed by atoms with Crippen LogP contribution in [0.1, 0.15) is 32.3 Å². The van der Waals surface area contributed by atoms with E-state index in [0.717, 1.165) is 11.3 Å². The minimum Gasteiger partial charge on any atom is -0.381 e. The van der Waals surface area contributed by atoms with Gasteiger partial charge in [0.15, 0.2) is 22.2 Å². The molecule has 2 amide bonds. The fraction of sp³-hybridized carbons (Fsp3) is 0.471. The maximum absolute atomic E-state index is 13.0. The fourth-order valence-electron chi connectivity index (χ4n) is 2.84. The van der Waals surface area contributed by atoms with Gasteiger partial charge in [-0.05, 0) is 27.7 Å². The molecule has 1 aliphatic rings. The van der Waals surface area contributed by atoms with Gasteiger partial charge in [-0.25, -0.2) is 14.3 Å². The Morgan fingerprint density at radius 1 is 1.41 bits per heavy atom. The van der Waals surface area contributed by atoms with Gasteiger partial charge in [0, 0.05) is 5.38 Å². The third-order valence-electron chi connectivity index (χ3n) is 4.92. The van der Waals surface area contributed by atoms with Crippen molar-refractivity contribution >= 4 is 50.1 Å². The minimum atomic E-state index is -4.90. The van der Waals surface area contributed by atoms with Crippen molar-refractivity contribution in [2.75, 3.05) is 5.73 Å². The Hall–Kier alpha value is -3.44. The highest BCUT2D eigenvalue weighted by Crippen LogP contribution is 2.25. The lowest BCUT2D eigenvalue weighted by atomic mass is 9.98. The maximum atomic E-state index is 13.0. The zero-order valence-electron chi connectivity index (χ0n) is 18.5. The number of carbonyl (C=O) groups is 3. The van der Waals surface area contributed by atoms with Gasteiger partial charge in [-0.2, -0.15) is 13.5 Å². The minimum absolute atomic E-state index is 0.0150. The molecule has 0 bridgehead atoms. The van der Waals surface area contributed by atoms with Crippen molar-refractivity contribution in [3.63, 3.8) is 0 Å². The van der Waals surface area contributed by atoms with Crippen LogP contribution in [0.25, 0.3) is 0 Å². The highest BCUT2D eigenvalue weighted by molar-refractivity contribution is 7.84. The number of Topliss-reactive ketones (excluding diaryl/α,β-unsaturated/α-hetero) is 1. The predicted molar refractivity (Wildman–Crippen MR) is 118 cm³/mol. The van der Waals surface area contributed by atoms with Crippen LogP contribution in [0.15, 0.2) is 16.9 Å². The number of aryl methyl sites for hydroxylation is 1. The second kappa shape index (κ2) is 9.07. The SMILES string of the molecule is CC(=O)C(C)(C)ON=C(C(=O)NC1C(=O)N(S(=O)(=O)O)C1Cn1cnc(C)n1)c1csc(N)n1. The molecule has 34 heavy (non-hydrogen) atoms. The third kappa shape index (κ3) is 5.20. The van der Waals surface area contributed by atoms with E-state index in [1.54, 1.807) is 6.92 Å². The van der Waals surface area contributed by atoms with Crippen LogP contribution >= 0.6 is 11.3 Å². The summed E-state index contributed by atoms with van der Waals surface area (Å²) in [5.41, 5.74) is 3.89. The second-order valence-electron chi connectivity index (χ2n) is 7.81. The van der Waals surface area contributed by atoms with Gasteiger partial charge in [0.05, 0.1) is 12.6 Å². The van der Waals surface area contributed by atoms with Gasteiger partial charge < -0.3 is 15.9 Å². The first-order valence-electron chi connectivity index (χ1n) is 9.67. The highest BCUT2D eigenvalue weighted by Gasteiger charge is 2.54. The van der Waals surface area contributed by atoms with Gasteiger partial charge in [-0.1, -0.05) is 5.16 Å². The summed E-state index contributed by atoms with van der Waals surface area (Å²) in [4.78, 5) is 50.4. The number of nitrogens with zero attached hydrogens (tertiary/aromatic N) is 6. The predicted octanol–water partition coefficient (Wildman–Crippen LogP) is -1.09. The van der Waals surface area contributed by atoms with E-state index >= 15 is 0 Å². The van der Waals surface area contributed by atoms with E-state index in [2.05, 4.69) is 25.5 Å². The van der Waals surface area contributed by atoms with Gasteiger partial charge >= 0.3 is 10.3 Å². The number of amides is 2. The molecule has 2 aromatic heterocycles. The van der Waals surface area contributed by atoms with E-state index in [-0.39, 0.29) is 27.5 Å². The number of nitrogens with two attached hydrogens (primary N) is 1. The molecule has 3 rings (SSSR count). The number of carbonyl (C=O) groups excluding carboxylic acids is 3. The Morgan fingerprint density at radius 3 is 2.59 bits per heavy atom. The van der Waals surface area contributed by atoms with Gasteiger partial charge in [0.25, 0.3) is 11.8 Å². The molecule has 0 radical (unpaired) electrons. The summed E-state index contributed by atoms with van der Waals surface area (Å²) in [7, 11) is -4.90. The molecule has 1 aliphatic heterocycles. The first kappa shape index (κ1) is 25.2. The number of rotatable bonds is 9. The molecule has 2 unspecified atom stereocenters. The first-order valence-corrected chi connectivity index (χ1v) is 11.9. The average Bonchev–Trinajstić information content (AvgIpc) is 3.32. The van der Waals surface area contributed by atoms with Crippen molar-refractivity contribution in [3.8, 4) is 0 Å². The van der Waals surface area contributed by atoms with Crippen molar-refractivity contribution in [1.29, 1.82) is 0 Å². The van der Waals surface area contributed by atoms with Gasteiger partial charge in [0.1, 0.15) is 23.9 Å². The summed E-state index contributed by atoms with van der Waals surface area (Å²) in [6.07, 6.45) is 1.31. The first-order chi connectivity index (χ1) is 15.7. The summed E-state index contributed by atoms with van der Waals surface area (Å²) in [6.45, 7) is 5.58. The number of ketones is 1. The molecule has 2 aromatic rings. The van der Waals surface area contributed by atoms with Crippen LogP contribution in [0.3, 0.4) is 0 Å². The summed E-state index contributed by atoms with van der Waals surface area (Å²) >= 11 is 1.01. The number of oxime groups is 1. The quantitative estimate of drug-likeness (QED) is 0.158. The Balaban J connectivity index is 1.89. The number of thiazole rings is 1. The Bertz CT molecular complexity index is 1270. The summed E-state index contributed by atoms with van der Waals surface area (Å²) in [6, 6.07) is -2.56. The maximum Gasteiger partial charge on any atom is 0.362 e. The molecule has 0 saturated carbocycles. The van der Waals surface area contributed by atoms with Crippen LogP contribution in [-0.2, 0) is 36.1 Å². The summed E-state index contributed by atoms with van der Waals surface area (Å²) < 4.78 is 34.4. The Labute approximate surface area is 197 Å². The molecule has 0 spiro atoms. The number of β-lactam (4-membered cyclic amide) rings is 1. The molecule has 1 fully saturated rings. The molecule has 3 heterocycles. The molecule has 0 aliphatic carbocycles. The van der Waals surface area contributed by atoms with Crippen LogP contribution in [0.5, 0.6) is 0 Å². The number of hydrogen-bond donors (Lipinski definition) is 3. The Kier molecular flexibility index (Phi) is 6.72. The molecule has 4 N–H and O–H groups in total. The van der Waals surface area contributed by atoms with E-state index in [0.29, 0.717) is 5.82 Å². The standard InChI is InChI=1S/C17H22N8O7S2/c1-8(26)17(3,4)32-23-12(10-6-33-16(18)20-10)14(27)21-13-11(5-24-7-19-9(2)22-24)25(15(13)28)34(29,30)31/h6-7,11,13H,5H2,1-4H3,(H2,18,20)(H,21,27)(H,29,30,31). The Morgan fingerprint density at radius 2 is 2.09 bits per heavy atom. The zero-order valence-corrected chi connectivity index (χ0v) is 20.1. The van der Waals surface area contributed by atoms with E-state index in [1.807, 2.05) is 0 Å². The zero-order chi connectivity index (χ0) is 25.4. The monoisotopic (exact) mass is 514 g/mol. The van der Waals surface area contributed by atoms with Crippen LogP contribution in [0.2, 0.25) is 0 Å². The number of aromatic nitrogens is 4. The van der Waals surface area contributed by atoms with Gasteiger partial charge in [-0.15, -0.1) is 11.3 Å². The van der Waals surface area contributed by atoms with Crippen LogP contribution < -0.4 is 11.1 Å². The van der Waals surface area contributed by atoms with Crippen molar-refractivity contribution in [1.82, 2.24) is 29.4 Å². The van der Waals surface area contributed by atoms with Crippen molar-refractivity contribution in [2.24, 2.45) is 5.16 Å². The molecule has 17 heteroatoms. The molecule has 1 saturated heterocycles. The smallest absolute Gasteiger partial charge is 0.362 e. The number of nitrogens with one attached hydrogen (secondary N) is 1. The molecule has 15 nitrogen and oxygen atoms in total. The molecule has 0 aromatic carbocycles. The highest BCUT2D eigenvalue weighted by atomic mass is 32.2. The van der Waals surface area contributed by atoms with Crippen LogP contribution in [0, 0.1) is 6.92 Å². The lowest BCUT2D eigenvalue weighted by Crippen LogP contribution is -2.73. The van der Waals surface area contributed by atoms with Gasteiger partial charge in [-0.3, -0.25) is 23.6 Å². The van der Waals surface area contributed by atoms with E-state index in [1.165, 1.54) is 37.2 Å². The summed E-state index contributed by atoms with van der Waals surface area (Å²) in [5.74, 6) is -1.99. The van der Waals surface area contributed by atoms with E-state index in [4.69, 9.17) is 10.6 Å². The second-order valence-corrected chi connectivity index (χ2v) is 9.99. The summed E-state index contributed by atoms with van der Waals surface area (Å²) in [5, 5.41) is 11.7. The fourth-order valence-corrected chi connectivity index (χ4v) is 4.26. The van der Waals surface area contributed by atoms with Gasteiger partial charge in [0.2, 0.25) is 0 Å². The molecule has 184 valence electrons. The topological polar surface area (TPSA) is 212 Å². The van der Waals surface area contributed by atoms with Crippen molar-refractivity contribution < 1.29 is 32.2 Å². The number of anilines is 1. The van der Waals surface area contributed by atoms with Crippen LogP contribution in [-0.4, -0.2) is 78.0 Å². The average molecular weight is 515 g/mol.